The van der Waals surface area contributed by atoms with Gasteiger partial charge in [-0.25, -0.2) is 0 Å². The lowest BCUT2D eigenvalue weighted by Gasteiger charge is -2.28. The van der Waals surface area contributed by atoms with E-state index < -0.39 is 33.4 Å². The molecule has 0 aromatic carbocycles. The number of halogens is 1. The van der Waals surface area contributed by atoms with Crippen LogP contribution in [0.15, 0.2) is 11.5 Å². The highest BCUT2D eigenvalue weighted by molar-refractivity contribution is 6.32. The van der Waals surface area contributed by atoms with Crippen molar-refractivity contribution in [3.63, 3.8) is 0 Å². The van der Waals surface area contributed by atoms with Gasteiger partial charge < -0.3 is 26.3 Å². The maximum Gasteiger partial charge on any atom is 0.318 e. The molecule has 1 rings (SSSR count). The Morgan fingerprint density at radius 1 is 1.79 bits per heavy atom. The monoisotopic (exact) mass is 292 g/mol. The van der Waals surface area contributed by atoms with Crippen LogP contribution < -0.4 is 10.6 Å². The smallest absolute Gasteiger partial charge is 0.318 e. The summed E-state index contributed by atoms with van der Waals surface area (Å²) in [4.78, 5) is 9.10. The van der Waals surface area contributed by atoms with Crippen LogP contribution in [0, 0.1) is 15.5 Å². The summed E-state index contributed by atoms with van der Waals surface area (Å²) >= 11 is 6.03. The molecule has 108 valence electrons. The van der Waals surface area contributed by atoms with Gasteiger partial charge in [0, 0.05) is 12.3 Å². The molecule has 4 unspecified atom stereocenters. The summed E-state index contributed by atoms with van der Waals surface area (Å²) in [6.07, 6.45) is -0.666. The molecule has 0 amide bonds. The quantitative estimate of drug-likeness (QED) is 0.205. The highest BCUT2D eigenvalue weighted by Crippen LogP contribution is 2.27. The molecule has 5 N–H and O–H groups in total. The fourth-order valence-corrected chi connectivity index (χ4v) is 1.63. The summed E-state index contributed by atoms with van der Waals surface area (Å²) in [5, 5.41) is 42.8. The largest absolute Gasteiger partial charge is 0.378 e. The molecule has 9 heteroatoms. The zero-order chi connectivity index (χ0) is 15.0. The third kappa shape index (κ3) is 2.96. The number of nitro groups is 1. The van der Waals surface area contributed by atoms with Gasteiger partial charge in [0.05, 0.1) is 9.80 Å². The molecule has 0 aliphatic carbocycles. The van der Waals surface area contributed by atoms with Crippen molar-refractivity contribution >= 4 is 17.8 Å². The maximum atomic E-state index is 10.9. The molecule has 8 nitrogen and oxygen atoms in total. The third-order valence-electron chi connectivity index (χ3n) is 3.11. The standard InChI is InChI=1S/C10H17ClN4O4/c1-5(9(2,11)4-12)13-8-6(15(18)19)7(16)10(3,17)14-8/h4-5,7,12-14,16-17H,1-3H3. The number of hydrogen-bond donors (Lipinski definition) is 5. The van der Waals surface area contributed by atoms with Crippen molar-refractivity contribution in [3.05, 3.63) is 21.6 Å². The fraction of sp³-hybridized carbons (Fsp3) is 0.700. The Balaban J connectivity index is 3.04. The second-order valence-corrected chi connectivity index (χ2v) is 5.67. The first kappa shape index (κ1) is 15.7. The van der Waals surface area contributed by atoms with E-state index in [2.05, 4.69) is 10.6 Å². The zero-order valence-corrected chi connectivity index (χ0v) is 11.5. The molecule has 1 aliphatic heterocycles. The van der Waals surface area contributed by atoms with Gasteiger partial charge in [0.25, 0.3) is 0 Å². The van der Waals surface area contributed by atoms with Gasteiger partial charge in [-0.15, -0.1) is 11.6 Å². The predicted molar refractivity (Wildman–Crippen MR) is 69.4 cm³/mol. The van der Waals surface area contributed by atoms with Crippen molar-refractivity contribution in [2.24, 2.45) is 0 Å². The van der Waals surface area contributed by atoms with Crippen LogP contribution >= 0.6 is 11.6 Å². The van der Waals surface area contributed by atoms with Gasteiger partial charge in [0.2, 0.25) is 0 Å². The molecule has 0 saturated heterocycles. The van der Waals surface area contributed by atoms with Crippen LogP contribution in [0.1, 0.15) is 20.8 Å². The van der Waals surface area contributed by atoms with E-state index >= 15 is 0 Å². The number of nitrogens with one attached hydrogen (secondary N) is 3. The summed E-state index contributed by atoms with van der Waals surface area (Å²) in [6.45, 7) is 4.41. The van der Waals surface area contributed by atoms with Crippen molar-refractivity contribution in [1.29, 1.82) is 5.41 Å². The average Bonchev–Trinajstić information content (AvgIpc) is 2.49. The van der Waals surface area contributed by atoms with Crippen LogP contribution in [-0.2, 0) is 0 Å². The summed E-state index contributed by atoms with van der Waals surface area (Å²) in [5.74, 6) is -0.108. The minimum absolute atomic E-state index is 0.108. The molecule has 4 atom stereocenters. The molecule has 0 fully saturated rings. The van der Waals surface area contributed by atoms with Gasteiger partial charge in [-0.05, 0) is 20.8 Å². The number of rotatable bonds is 5. The van der Waals surface area contributed by atoms with Crippen molar-refractivity contribution in [2.75, 3.05) is 0 Å². The number of alkyl halides is 1. The van der Waals surface area contributed by atoms with E-state index in [1.165, 1.54) is 6.92 Å². The van der Waals surface area contributed by atoms with Crippen molar-refractivity contribution in [2.45, 2.75) is 43.5 Å². The van der Waals surface area contributed by atoms with Crippen molar-refractivity contribution < 1.29 is 15.1 Å². The molecule has 0 radical (unpaired) electrons. The number of nitrogens with zero attached hydrogens (tertiary/aromatic N) is 1. The number of hydrogen-bond acceptors (Lipinski definition) is 7. The SMILES string of the molecule is CC(NC1=C([N+](=O)[O-])C(O)C(C)(O)N1)C(C)(Cl)C=N. The second-order valence-electron chi connectivity index (χ2n) is 4.85. The first-order valence-corrected chi connectivity index (χ1v) is 5.95. The van der Waals surface area contributed by atoms with E-state index in [1.807, 2.05) is 0 Å². The molecule has 1 aliphatic rings. The molecule has 0 aromatic rings. The van der Waals surface area contributed by atoms with Gasteiger partial charge in [0.1, 0.15) is 0 Å². The van der Waals surface area contributed by atoms with E-state index in [-0.39, 0.29) is 5.82 Å². The highest BCUT2D eigenvalue weighted by Gasteiger charge is 2.49. The minimum atomic E-state index is -1.84. The average molecular weight is 293 g/mol. The topological polar surface area (TPSA) is 132 Å². The van der Waals surface area contributed by atoms with Crippen molar-refractivity contribution in [3.8, 4) is 0 Å². The van der Waals surface area contributed by atoms with Gasteiger partial charge >= 0.3 is 5.70 Å². The molecular weight excluding hydrogens is 276 g/mol. The third-order valence-corrected chi connectivity index (χ3v) is 3.55. The number of aliphatic hydroxyl groups is 2. The zero-order valence-electron chi connectivity index (χ0n) is 10.8. The van der Waals surface area contributed by atoms with E-state index in [1.54, 1.807) is 13.8 Å². The lowest BCUT2D eigenvalue weighted by atomic mass is 10.0. The summed E-state index contributed by atoms with van der Waals surface area (Å²) in [6, 6.07) is -0.537. The van der Waals surface area contributed by atoms with Gasteiger partial charge in [-0.2, -0.15) is 0 Å². The van der Waals surface area contributed by atoms with Crippen LogP contribution in [0.25, 0.3) is 0 Å². The van der Waals surface area contributed by atoms with E-state index in [0.29, 0.717) is 0 Å². The fourth-order valence-electron chi connectivity index (χ4n) is 1.57. The molecular formula is C10H17ClN4O4. The second kappa shape index (κ2) is 4.95. The minimum Gasteiger partial charge on any atom is -0.378 e. The van der Waals surface area contributed by atoms with E-state index in [4.69, 9.17) is 17.0 Å². The molecule has 0 saturated carbocycles. The Morgan fingerprint density at radius 3 is 2.74 bits per heavy atom. The van der Waals surface area contributed by atoms with E-state index in [9.17, 15) is 20.3 Å². The van der Waals surface area contributed by atoms with Crippen molar-refractivity contribution in [1.82, 2.24) is 10.6 Å². The van der Waals surface area contributed by atoms with Crippen LogP contribution in [-0.4, -0.2) is 44.1 Å². The van der Waals surface area contributed by atoms with Crippen LogP contribution in [0.4, 0.5) is 0 Å². The number of aliphatic hydroxyl groups excluding tert-OH is 1. The molecule has 0 aromatic heterocycles. The van der Waals surface area contributed by atoms with E-state index in [0.717, 1.165) is 6.21 Å². The summed E-state index contributed by atoms with van der Waals surface area (Å²) in [5.41, 5.74) is -2.40. The molecule has 19 heavy (non-hydrogen) atoms. The summed E-state index contributed by atoms with van der Waals surface area (Å²) < 4.78 is 0. The van der Waals surface area contributed by atoms with Crippen LogP contribution in [0.3, 0.4) is 0 Å². The Kier molecular flexibility index (Phi) is 4.08. The van der Waals surface area contributed by atoms with Gasteiger partial charge in [0.15, 0.2) is 17.6 Å². The Labute approximate surface area is 115 Å². The normalized spacial score (nSPS) is 31.4. The lowest BCUT2D eigenvalue weighted by Crippen LogP contribution is -2.50. The van der Waals surface area contributed by atoms with Gasteiger partial charge in [-0.1, -0.05) is 0 Å². The summed E-state index contributed by atoms with van der Waals surface area (Å²) in [7, 11) is 0. The molecule has 0 bridgehead atoms. The highest BCUT2D eigenvalue weighted by atomic mass is 35.5. The first-order valence-electron chi connectivity index (χ1n) is 5.57. The molecule has 1 heterocycles. The maximum absolute atomic E-state index is 10.9. The molecule has 0 spiro atoms. The lowest BCUT2D eigenvalue weighted by molar-refractivity contribution is -0.438. The Bertz CT molecular complexity index is 435. The van der Waals surface area contributed by atoms with Crippen LogP contribution in [0.2, 0.25) is 0 Å². The first-order chi connectivity index (χ1) is 8.53. The van der Waals surface area contributed by atoms with Gasteiger partial charge in [-0.3, -0.25) is 10.1 Å². The Morgan fingerprint density at radius 2 is 2.32 bits per heavy atom. The Hall–Kier alpha value is -1.38. The predicted octanol–water partition coefficient (Wildman–Crippen LogP) is -0.270. The van der Waals surface area contributed by atoms with Crippen LogP contribution in [0.5, 0.6) is 0 Å².